The summed E-state index contributed by atoms with van der Waals surface area (Å²) in [6.07, 6.45) is 6.90. The predicted octanol–water partition coefficient (Wildman–Crippen LogP) is 0.569. The fourth-order valence-corrected chi connectivity index (χ4v) is 1.60. The third-order valence-corrected chi connectivity index (χ3v) is 2.52. The molecule has 1 aliphatic rings. The van der Waals surface area contributed by atoms with Crippen molar-refractivity contribution in [3.8, 4) is 0 Å². The number of anilines is 1. The molecule has 0 saturated heterocycles. The number of amides is 1. The molecule has 1 aromatic rings. The van der Waals surface area contributed by atoms with E-state index >= 15 is 0 Å². The summed E-state index contributed by atoms with van der Waals surface area (Å²) in [5.74, 6) is -1.26. The van der Waals surface area contributed by atoms with E-state index in [0.717, 1.165) is 12.8 Å². The Bertz CT molecular complexity index is 570. The van der Waals surface area contributed by atoms with Crippen molar-refractivity contribution in [3.05, 3.63) is 30.2 Å². The number of hydrogen-bond acceptors (Lipinski definition) is 6. The van der Waals surface area contributed by atoms with Gasteiger partial charge in [-0.25, -0.2) is 14.8 Å². The van der Waals surface area contributed by atoms with Crippen LogP contribution in [0, 0.1) is 0 Å². The Labute approximate surface area is 114 Å². The highest BCUT2D eigenvalue weighted by Gasteiger charge is 2.19. The zero-order chi connectivity index (χ0) is 14.4. The van der Waals surface area contributed by atoms with Crippen molar-refractivity contribution >= 4 is 23.9 Å². The van der Waals surface area contributed by atoms with Crippen LogP contribution in [0.1, 0.15) is 18.7 Å². The molecule has 0 saturated carbocycles. The number of carboxylic acids is 1. The number of carboxylic acid groups (broad SMARTS) is 1. The molecule has 0 aliphatic heterocycles. The standard InChI is InChI=1S/C12H12N4O4/c17-7-14-9-5-6-13-11(15-9)10(12(18)19)16-20-8-3-1-2-4-8/h1,3,5-8H,2,4H2,(H,18,19)(H,13,14,15,17)/b16-10-. The lowest BCUT2D eigenvalue weighted by Crippen LogP contribution is -2.20. The average molecular weight is 276 g/mol. The number of hydrogen-bond donors (Lipinski definition) is 2. The summed E-state index contributed by atoms with van der Waals surface area (Å²) in [5, 5.41) is 15.0. The molecular weight excluding hydrogens is 264 g/mol. The van der Waals surface area contributed by atoms with Gasteiger partial charge in [0.25, 0.3) is 0 Å². The maximum absolute atomic E-state index is 11.2. The summed E-state index contributed by atoms with van der Waals surface area (Å²) >= 11 is 0. The van der Waals surface area contributed by atoms with Gasteiger partial charge in [0.15, 0.2) is 5.82 Å². The molecule has 0 bridgehead atoms. The van der Waals surface area contributed by atoms with E-state index in [9.17, 15) is 9.59 Å². The van der Waals surface area contributed by atoms with E-state index < -0.39 is 11.7 Å². The van der Waals surface area contributed by atoms with Crippen molar-refractivity contribution in [1.82, 2.24) is 9.97 Å². The van der Waals surface area contributed by atoms with Gasteiger partial charge < -0.3 is 15.3 Å². The first-order valence-corrected chi connectivity index (χ1v) is 5.88. The highest BCUT2D eigenvalue weighted by atomic mass is 16.6. The van der Waals surface area contributed by atoms with Crippen LogP contribution < -0.4 is 5.32 Å². The smallest absolute Gasteiger partial charge is 0.361 e. The highest BCUT2D eigenvalue weighted by molar-refractivity contribution is 6.41. The first kappa shape index (κ1) is 13.7. The van der Waals surface area contributed by atoms with Crippen LogP contribution in [0.4, 0.5) is 5.82 Å². The third kappa shape index (κ3) is 3.37. The van der Waals surface area contributed by atoms with E-state index in [1.54, 1.807) is 0 Å². The van der Waals surface area contributed by atoms with Crippen molar-refractivity contribution in [2.75, 3.05) is 5.32 Å². The van der Waals surface area contributed by atoms with E-state index in [1.807, 2.05) is 12.2 Å². The lowest BCUT2D eigenvalue weighted by Gasteiger charge is -2.06. The minimum Gasteiger partial charge on any atom is -0.476 e. The number of nitrogens with zero attached hydrogens (tertiary/aromatic N) is 3. The van der Waals surface area contributed by atoms with Gasteiger partial charge in [0.2, 0.25) is 12.1 Å². The summed E-state index contributed by atoms with van der Waals surface area (Å²) < 4.78 is 0. The van der Waals surface area contributed by atoms with E-state index in [-0.39, 0.29) is 17.7 Å². The zero-order valence-corrected chi connectivity index (χ0v) is 10.4. The molecule has 104 valence electrons. The van der Waals surface area contributed by atoms with Gasteiger partial charge in [-0.15, -0.1) is 0 Å². The molecule has 8 nitrogen and oxygen atoms in total. The fourth-order valence-electron chi connectivity index (χ4n) is 1.60. The van der Waals surface area contributed by atoms with Crippen LogP contribution >= 0.6 is 0 Å². The summed E-state index contributed by atoms with van der Waals surface area (Å²) in [6, 6.07) is 1.43. The summed E-state index contributed by atoms with van der Waals surface area (Å²) in [6.45, 7) is 0. The van der Waals surface area contributed by atoms with Crippen LogP contribution in [0.3, 0.4) is 0 Å². The number of rotatable bonds is 6. The molecule has 0 spiro atoms. The Balaban J connectivity index is 2.20. The minimum atomic E-state index is -1.31. The molecule has 2 N–H and O–H groups in total. The van der Waals surface area contributed by atoms with Gasteiger partial charge >= 0.3 is 5.97 Å². The number of allylic oxidation sites excluding steroid dienone is 1. The molecule has 1 atom stereocenters. The number of nitrogens with one attached hydrogen (secondary N) is 1. The molecule has 8 heteroatoms. The largest absolute Gasteiger partial charge is 0.476 e. The van der Waals surface area contributed by atoms with Gasteiger partial charge in [-0.3, -0.25) is 4.79 Å². The van der Waals surface area contributed by atoms with E-state index in [2.05, 4.69) is 20.4 Å². The molecule has 1 unspecified atom stereocenters. The van der Waals surface area contributed by atoms with E-state index in [0.29, 0.717) is 6.41 Å². The second-order valence-electron chi connectivity index (χ2n) is 3.92. The Kier molecular flexibility index (Phi) is 4.38. The van der Waals surface area contributed by atoms with Crippen molar-refractivity contribution in [2.45, 2.75) is 18.9 Å². The molecule has 0 aromatic carbocycles. The van der Waals surface area contributed by atoms with Crippen molar-refractivity contribution < 1.29 is 19.5 Å². The number of aliphatic carboxylic acids is 1. The van der Waals surface area contributed by atoms with Crippen LogP contribution in [-0.4, -0.2) is 39.3 Å². The van der Waals surface area contributed by atoms with Crippen LogP contribution in [0.25, 0.3) is 0 Å². The predicted molar refractivity (Wildman–Crippen MR) is 69.1 cm³/mol. The van der Waals surface area contributed by atoms with Gasteiger partial charge in [-0.2, -0.15) is 0 Å². The van der Waals surface area contributed by atoms with E-state index in [4.69, 9.17) is 9.94 Å². The second kappa shape index (κ2) is 6.41. The monoisotopic (exact) mass is 276 g/mol. The zero-order valence-electron chi connectivity index (χ0n) is 10.4. The molecule has 0 radical (unpaired) electrons. The van der Waals surface area contributed by atoms with Crippen LogP contribution in [0.2, 0.25) is 0 Å². The molecule has 1 amide bonds. The lowest BCUT2D eigenvalue weighted by atomic mass is 10.3. The lowest BCUT2D eigenvalue weighted by molar-refractivity contribution is -0.129. The topological polar surface area (TPSA) is 114 Å². The molecule has 0 fully saturated rings. The number of carbonyl (C=O) groups is 2. The normalized spacial score (nSPS) is 17.8. The van der Waals surface area contributed by atoms with E-state index in [1.165, 1.54) is 12.3 Å². The fraction of sp³-hybridized carbons (Fsp3) is 0.250. The first-order valence-electron chi connectivity index (χ1n) is 5.88. The Morgan fingerprint density at radius 3 is 3.10 bits per heavy atom. The van der Waals surface area contributed by atoms with Crippen molar-refractivity contribution in [1.29, 1.82) is 0 Å². The SMILES string of the molecule is O=CNc1ccnc(/C(=N/OC2C=CCC2)C(=O)O)n1. The number of carbonyl (C=O) groups excluding carboxylic acids is 1. The maximum Gasteiger partial charge on any atom is 0.361 e. The van der Waals surface area contributed by atoms with Gasteiger partial charge in [-0.1, -0.05) is 11.2 Å². The average Bonchev–Trinajstić information content (AvgIpc) is 2.93. The summed E-state index contributed by atoms with van der Waals surface area (Å²) in [5.41, 5.74) is -0.417. The van der Waals surface area contributed by atoms with Crippen LogP contribution in [0.15, 0.2) is 29.6 Å². The highest BCUT2D eigenvalue weighted by Crippen LogP contribution is 2.13. The molecule has 1 aliphatic carbocycles. The summed E-state index contributed by atoms with van der Waals surface area (Å²) in [7, 11) is 0. The van der Waals surface area contributed by atoms with Gasteiger partial charge in [-0.05, 0) is 25.0 Å². The van der Waals surface area contributed by atoms with Crippen molar-refractivity contribution in [2.24, 2.45) is 5.16 Å². The maximum atomic E-state index is 11.2. The quantitative estimate of drug-likeness (QED) is 0.340. The molecule has 2 rings (SSSR count). The molecule has 1 heterocycles. The molecular formula is C12H12N4O4. The first-order chi connectivity index (χ1) is 9.70. The van der Waals surface area contributed by atoms with Gasteiger partial charge in [0.1, 0.15) is 11.9 Å². The van der Waals surface area contributed by atoms with Gasteiger partial charge in [0, 0.05) is 6.20 Å². The third-order valence-electron chi connectivity index (χ3n) is 2.52. The number of aromatic nitrogens is 2. The Morgan fingerprint density at radius 2 is 2.45 bits per heavy atom. The molecule has 20 heavy (non-hydrogen) atoms. The van der Waals surface area contributed by atoms with Crippen LogP contribution in [0.5, 0.6) is 0 Å². The molecule has 1 aromatic heterocycles. The number of oxime groups is 1. The van der Waals surface area contributed by atoms with Crippen LogP contribution in [-0.2, 0) is 14.4 Å². The summed E-state index contributed by atoms with van der Waals surface area (Å²) in [4.78, 5) is 34.3. The van der Waals surface area contributed by atoms with Gasteiger partial charge in [0.05, 0.1) is 0 Å². The Hall–Kier alpha value is -2.77. The van der Waals surface area contributed by atoms with Crippen molar-refractivity contribution in [3.63, 3.8) is 0 Å². The minimum absolute atomic E-state index is 0.133. The second-order valence-corrected chi connectivity index (χ2v) is 3.92. The Morgan fingerprint density at radius 1 is 1.60 bits per heavy atom.